The first-order chi connectivity index (χ1) is 10.1. The van der Waals surface area contributed by atoms with Crippen LogP contribution in [0.25, 0.3) is 16.0 Å². The zero-order valence-corrected chi connectivity index (χ0v) is 12.0. The van der Waals surface area contributed by atoms with Gasteiger partial charge in [0, 0.05) is 21.6 Å². The van der Waals surface area contributed by atoms with E-state index in [1.165, 1.54) is 17.4 Å². The summed E-state index contributed by atoms with van der Waals surface area (Å²) >= 11 is 1.36. The third-order valence-corrected chi connectivity index (χ3v) is 4.29. The van der Waals surface area contributed by atoms with E-state index in [0.29, 0.717) is 4.88 Å². The van der Waals surface area contributed by atoms with Gasteiger partial charge in [0.2, 0.25) is 5.78 Å². The highest BCUT2D eigenvalue weighted by Gasteiger charge is 2.24. The van der Waals surface area contributed by atoms with Gasteiger partial charge < -0.3 is 5.11 Å². The van der Waals surface area contributed by atoms with Crippen LogP contribution in [0.4, 0.5) is 0 Å². The molecule has 0 unspecified atom stereocenters. The number of hydrogen-bond donors (Lipinski definition) is 1. The summed E-state index contributed by atoms with van der Waals surface area (Å²) in [6.07, 6.45) is 3.99. The number of carbonyl (C=O) groups is 2. The first-order valence-corrected chi connectivity index (χ1v) is 7.11. The van der Waals surface area contributed by atoms with Crippen molar-refractivity contribution in [3.05, 3.63) is 58.9 Å². The van der Waals surface area contributed by atoms with E-state index in [9.17, 15) is 14.7 Å². The maximum atomic E-state index is 11.9. The van der Waals surface area contributed by atoms with Crippen molar-refractivity contribution in [1.82, 2.24) is 4.98 Å². The fourth-order valence-electron chi connectivity index (χ4n) is 2.12. The normalized spacial score (nSPS) is 14.9. The van der Waals surface area contributed by atoms with Crippen LogP contribution >= 0.6 is 11.3 Å². The molecule has 0 fully saturated rings. The standard InChI is InChI=1S/C16H11NO3S/c1-9-8-10(6-7-17-9)13-4-5-14(21-13)15-11(18)2-3-12(19)16(15)20/h2-8,20H,1H3. The summed E-state index contributed by atoms with van der Waals surface area (Å²) in [5.41, 5.74) is 1.96. The molecule has 0 bridgehead atoms. The molecule has 0 saturated carbocycles. The fraction of sp³-hybridized carbons (Fsp3) is 0.0625. The zero-order chi connectivity index (χ0) is 15.0. The zero-order valence-electron chi connectivity index (χ0n) is 11.2. The summed E-state index contributed by atoms with van der Waals surface area (Å²) in [7, 11) is 0. The number of carbonyl (C=O) groups excluding carboxylic acids is 2. The van der Waals surface area contributed by atoms with Crippen molar-refractivity contribution in [1.29, 1.82) is 0 Å². The Morgan fingerprint density at radius 1 is 1.05 bits per heavy atom. The molecule has 0 radical (unpaired) electrons. The number of thiophene rings is 1. The molecule has 0 spiro atoms. The molecule has 2 aromatic rings. The molecule has 1 aliphatic carbocycles. The molecule has 21 heavy (non-hydrogen) atoms. The van der Waals surface area contributed by atoms with E-state index in [1.54, 1.807) is 12.3 Å². The molecular formula is C16H11NO3S. The topological polar surface area (TPSA) is 67.3 Å². The number of aliphatic hydroxyl groups is 1. The van der Waals surface area contributed by atoms with E-state index < -0.39 is 11.5 Å². The summed E-state index contributed by atoms with van der Waals surface area (Å²) in [4.78, 5) is 29.1. The van der Waals surface area contributed by atoms with Crippen molar-refractivity contribution < 1.29 is 14.7 Å². The molecular weight excluding hydrogens is 286 g/mol. The van der Waals surface area contributed by atoms with Crippen LogP contribution in [0, 0.1) is 6.92 Å². The monoisotopic (exact) mass is 297 g/mol. The number of nitrogens with zero attached hydrogens (tertiary/aromatic N) is 1. The molecule has 0 saturated heterocycles. The van der Waals surface area contributed by atoms with Crippen molar-refractivity contribution in [3.63, 3.8) is 0 Å². The van der Waals surface area contributed by atoms with Gasteiger partial charge in [0.25, 0.3) is 0 Å². The lowest BCUT2D eigenvalue weighted by atomic mass is 10.0. The smallest absolute Gasteiger partial charge is 0.221 e. The van der Waals surface area contributed by atoms with Crippen molar-refractivity contribution in [2.75, 3.05) is 0 Å². The molecule has 104 valence electrons. The van der Waals surface area contributed by atoms with Crippen LogP contribution < -0.4 is 0 Å². The quantitative estimate of drug-likeness (QED) is 0.865. The third kappa shape index (κ3) is 2.43. The SMILES string of the molecule is Cc1cc(-c2ccc(C3=C(O)C(=O)C=CC3=O)s2)ccn1. The first-order valence-electron chi connectivity index (χ1n) is 6.29. The van der Waals surface area contributed by atoms with Crippen LogP contribution in [-0.4, -0.2) is 21.7 Å². The van der Waals surface area contributed by atoms with Gasteiger partial charge in [-0.15, -0.1) is 11.3 Å². The van der Waals surface area contributed by atoms with E-state index in [0.717, 1.165) is 22.2 Å². The lowest BCUT2D eigenvalue weighted by molar-refractivity contribution is -0.115. The molecule has 1 aliphatic rings. The number of pyridine rings is 1. The van der Waals surface area contributed by atoms with Crippen molar-refractivity contribution >= 4 is 28.5 Å². The maximum absolute atomic E-state index is 11.9. The number of hydrogen-bond acceptors (Lipinski definition) is 5. The van der Waals surface area contributed by atoms with Gasteiger partial charge in [0.1, 0.15) is 0 Å². The maximum Gasteiger partial charge on any atom is 0.221 e. The van der Waals surface area contributed by atoms with Gasteiger partial charge in [-0.2, -0.15) is 0 Å². The van der Waals surface area contributed by atoms with Crippen molar-refractivity contribution in [2.24, 2.45) is 0 Å². The predicted octanol–water partition coefficient (Wildman–Crippen LogP) is 3.10. The Hall–Kier alpha value is -2.53. The van der Waals surface area contributed by atoms with Crippen LogP contribution in [0.15, 0.2) is 48.4 Å². The third-order valence-electron chi connectivity index (χ3n) is 3.14. The molecule has 0 atom stereocenters. The van der Waals surface area contributed by atoms with Crippen LogP contribution in [-0.2, 0) is 9.59 Å². The molecule has 1 N–H and O–H groups in total. The number of allylic oxidation sites excluding steroid dienone is 3. The average Bonchev–Trinajstić information content (AvgIpc) is 2.93. The van der Waals surface area contributed by atoms with Gasteiger partial charge in [0.05, 0.1) is 5.57 Å². The van der Waals surface area contributed by atoms with Gasteiger partial charge in [0.15, 0.2) is 11.5 Å². The Labute approximate surface area is 125 Å². The molecule has 4 nitrogen and oxygen atoms in total. The average molecular weight is 297 g/mol. The van der Waals surface area contributed by atoms with Crippen LogP contribution in [0.2, 0.25) is 0 Å². The lowest BCUT2D eigenvalue weighted by Gasteiger charge is -2.07. The molecule has 0 aliphatic heterocycles. The Bertz CT molecular complexity index is 814. The summed E-state index contributed by atoms with van der Waals surface area (Å²) < 4.78 is 0. The number of aryl methyl sites for hydroxylation is 1. The van der Waals surface area contributed by atoms with E-state index in [1.807, 2.05) is 25.1 Å². The van der Waals surface area contributed by atoms with Gasteiger partial charge in [-0.05, 0) is 48.9 Å². The number of aliphatic hydroxyl groups excluding tert-OH is 1. The molecule has 5 heteroatoms. The van der Waals surface area contributed by atoms with E-state index in [4.69, 9.17) is 0 Å². The molecule has 3 rings (SSSR count). The largest absolute Gasteiger partial charge is 0.504 e. The fourth-order valence-corrected chi connectivity index (χ4v) is 3.17. The van der Waals surface area contributed by atoms with E-state index in [2.05, 4.69) is 4.98 Å². The minimum atomic E-state index is -0.542. The van der Waals surface area contributed by atoms with Gasteiger partial charge in [-0.1, -0.05) is 0 Å². The second-order valence-electron chi connectivity index (χ2n) is 4.64. The summed E-state index contributed by atoms with van der Waals surface area (Å²) in [5, 5.41) is 9.84. The summed E-state index contributed by atoms with van der Waals surface area (Å²) in [6, 6.07) is 7.43. The minimum Gasteiger partial charge on any atom is -0.504 e. The second-order valence-corrected chi connectivity index (χ2v) is 5.72. The summed E-state index contributed by atoms with van der Waals surface area (Å²) in [6.45, 7) is 1.90. The van der Waals surface area contributed by atoms with Crippen molar-refractivity contribution in [2.45, 2.75) is 6.92 Å². The van der Waals surface area contributed by atoms with Gasteiger partial charge >= 0.3 is 0 Å². The van der Waals surface area contributed by atoms with E-state index >= 15 is 0 Å². The second kappa shape index (κ2) is 5.10. The Kier molecular flexibility index (Phi) is 3.27. The molecule has 0 amide bonds. The van der Waals surface area contributed by atoms with Crippen LogP contribution in [0.5, 0.6) is 0 Å². The Balaban J connectivity index is 2.05. The molecule has 2 aromatic heterocycles. The van der Waals surface area contributed by atoms with Crippen molar-refractivity contribution in [3.8, 4) is 10.4 Å². The number of aromatic nitrogens is 1. The predicted molar refractivity (Wildman–Crippen MR) is 81.0 cm³/mol. The van der Waals surface area contributed by atoms with Crippen LogP contribution in [0.3, 0.4) is 0 Å². The molecule has 2 heterocycles. The minimum absolute atomic E-state index is 0.0736. The summed E-state index contributed by atoms with van der Waals surface area (Å²) in [5.74, 6) is -1.38. The first kappa shape index (κ1) is 13.5. The van der Waals surface area contributed by atoms with Crippen LogP contribution in [0.1, 0.15) is 10.6 Å². The highest BCUT2D eigenvalue weighted by atomic mass is 32.1. The Morgan fingerprint density at radius 2 is 1.76 bits per heavy atom. The highest BCUT2D eigenvalue weighted by Crippen LogP contribution is 2.34. The number of ketones is 2. The lowest BCUT2D eigenvalue weighted by Crippen LogP contribution is -2.12. The Morgan fingerprint density at radius 3 is 2.52 bits per heavy atom. The molecule has 0 aromatic carbocycles. The van der Waals surface area contributed by atoms with E-state index in [-0.39, 0.29) is 11.4 Å². The van der Waals surface area contributed by atoms with Gasteiger partial charge in [-0.25, -0.2) is 0 Å². The highest BCUT2D eigenvalue weighted by molar-refractivity contribution is 7.17. The van der Waals surface area contributed by atoms with Gasteiger partial charge in [-0.3, -0.25) is 14.6 Å². The number of rotatable bonds is 2.